The molecular weight excluding hydrogens is 174 g/mol. The van der Waals surface area contributed by atoms with Crippen molar-refractivity contribution in [1.29, 1.82) is 0 Å². The van der Waals surface area contributed by atoms with Crippen LogP contribution in [0.2, 0.25) is 0 Å². The lowest BCUT2D eigenvalue weighted by molar-refractivity contribution is 0.127. The molecule has 2 N–H and O–H groups in total. The molecular formula is C11H23N3. The second-order valence-corrected chi connectivity index (χ2v) is 5.08. The van der Waals surface area contributed by atoms with Gasteiger partial charge in [0.2, 0.25) is 0 Å². The van der Waals surface area contributed by atoms with Crippen LogP contribution < -0.4 is 10.6 Å². The van der Waals surface area contributed by atoms with E-state index in [9.17, 15) is 0 Å². The highest BCUT2D eigenvalue weighted by Crippen LogP contribution is 2.13. The topological polar surface area (TPSA) is 27.3 Å². The fourth-order valence-corrected chi connectivity index (χ4v) is 2.46. The number of nitrogens with zero attached hydrogens (tertiary/aromatic N) is 1. The molecule has 2 fully saturated rings. The molecule has 0 aliphatic carbocycles. The maximum Gasteiger partial charge on any atom is 0.0193 e. The van der Waals surface area contributed by atoms with Crippen molar-refractivity contribution in [3.05, 3.63) is 0 Å². The first-order chi connectivity index (χ1) is 6.74. The average Bonchev–Trinajstić information content (AvgIpc) is 2.13. The van der Waals surface area contributed by atoms with Gasteiger partial charge in [-0.3, -0.25) is 0 Å². The van der Waals surface area contributed by atoms with Gasteiger partial charge in [0.05, 0.1) is 0 Å². The van der Waals surface area contributed by atoms with Crippen LogP contribution in [0.3, 0.4) is 0 Å². The summed E-state index contributed by atoms with van der Waals surface area (Å²) in [5.41, 5.74) is 0. The first kappa shape index (κ1) is 10.4. The van der Waals surface area contributed by atoms with Gasteiger partial charge >= 0.3 is 0 Å². The maximum atomic E-state index is 3.68. The summed E-state index contributed by atoms with van der Waals surface area (Å²) >= 11 is 0. The number of hydrogen-bond acceptors (Lipinski definition) is 3. The zero-order valence-electron chi connectivity index (χ0n) is 9.42. The molecule has 0 saturated carbocycles. The van der Waals surface area contributed by atoms with Gasteiger partial charge in [0, 0.05) is 38.3 Å². The van der Waals surface area contributed by atoms with Crippen LogP contribution in [0.1, 0.15) is 19.8 Å². The molecule has 3 nitrogen and oxygen atoms in total. The molecule has 2 saturated heterocycles. The van der Waals surface area contributed by atoms with E-state index < -0.39 is 0 Å². The number of hydrogen-bond donors (Lipinski definition) is 2. The van der Waals surface area contributed by atoms with Gasteiger partial charge in [-0.1, -0.05) is 0 Å². The van der Waals surface area contributed by atoms with Crippen LogP contribution in [0, 0.1) is 5.92 Å². The Kier molecular flexibility index (Phi) is 3.42. The van der Waals surface area contributed by atoms with Gasteiger partial charge in [-0.2, -0.15) is 0 Å². The molecule has 2 heterocycles. The Bertz CT molecular complexity index is 169. The van der Waals surface area contributed by atoms with Crippen LogP contribution in [0.15, 0.2) is 0 Å². The molecule has 2 rings (SSSR count). The molecule has 0 bridgehead atoms. The summed E-state index contributed by atoms with van der Waals surface area (Å²) in [5, 5.41) is 7.20. The minimum Gasteiger partial charge on any atom is -0.313 e. The highest BCUT2D eigenvalue weighted by Gasteiger charge is 2.24. The standard InChI is InChI=1S/C11H23N3/c1-9-3-4-11(6-12-9)13-5-10-7-14(2)8-10/h9-13H,3-8H2,1-2H3. The second-order valence-electron chi connectivity index (χ2n) is 5.08. The van der Waals surface area contributed by atoms with Crippen LogP contribution in [-0.4, -0.2) is 50.2 Å². The number of nitrogens with one attached hydrogen (secondary N) is 2. The molecule has 0 aromatic heterocycles. The van der Waals surface area contributed by atoms with E-state index in [1.807, 2.05) is 0 Å². The highest BCUT2D eigenvalue weighted by molar-refractivity contribution is 4.83. The van der Waals surface area contributed by atoms with Crippen molar-refractivity contribution >= 4 is 0 Å². The predicted octanol–water partition coefficient (Wildman–Crippen LogP) is 0.278. The van der Waals surface area contributed by atoms with Gasteiger partial charge in [-0.05, 0) is 32.7 Å². The van der Waals surface area contributed by atoms with Crippen molar-refractivity contribution in [3.8, 4) is 0 Å². The fraction of sp³-hybridized carbons (Fsp3) is 1.00. The van der Waals surface area contributed by atoms with E-state index >= 15 is 0 Å². The van der Waals surface area contributed by atoms with E-state index in [2.05, 4.69) is 29.5 Å². The van der Waals surface area contributed by atoms with Crippen LogP contribution in [-0.2, 0) is 0 Å². The van der Waals surface area contributed by atoms with Gasteiger partial charge in [0.15, 0.2) is 0 Å². The first-order valence-electron chi connectivity index (χ1n) is 5.89. The Hall–Kier alpha value is -0.120. The third-order valence-electron chi connectivity index (χ3n) is 3.50. The van der Waals surface area contributed by atoms with Gasteiger partial charge in [-0.15, -0.1) is 0 Å². The zero-order valence-corrected chi connectivity index (χ0v) is 9.42. The van der Waals surface area contributed by atoms with E-state index in [-0.39, 0.29) is 0 Å². The third-order valence-corrected chi connectivity index (χ3v) is 3.50. The first-order valence-corrected chi connectivity index (χ1v) is 5.89. The molecule has 0 aromatic carbocycles. The van der Waals surface area contributed by atoms with Crippen LogP contribution in [0.4, 0.5) is 0 Å². The Morgan fingerprint density at radius 1 is 1.36 bits per heavy atom. The summed E-state index contributed by atoms with van der Waals surface area (Å²) in [7, 11) is 2.19. The molecule has 2 atom stereocenters. The minimum absolute atomic E-state index is 0.720. The average molecular weight is 197 g/mol. The van der Waals surface area contributed by atoms with E-state index in [4.69, 9.17) is 0 Å². The minimum atomic E-state index is 0.720. The molecule has 2 aliphatic rings. The van der Waals surface area contributed by atoms with Crippen LogP contribution in [0.5, 0.6) is 0 Å². The lowest BCUT2D eigenvalue weighted by atomic mass is 9.98. The third kappa shape index (κ3) is 2.69. The fourth-order valence-electron chi connectivity index (χ4n) is 2.46. The van der Waals surface area contributed by atoms with Crippen molar-refractivity contribution in [2.24, 2.45) is 5.92 Å². The summed E-state index contributed by atoms with van der Waals surface area (Å²) in [6.45, 7) is 7.21. The quantitative estimate of drug-likeness (QED) is 0.680. The van der Waals surface area contributed by atoms with Crippen molar-refractivity contribution in [2.75, 3.05) is 33.2 Å². The summed E-state index contributed by atoms with van der Waals surface area (Å²) in [5.74, 6) is 0.902. The largest absolute Gasteiger partial charge is 0.313 e. The van der Waals surface area contributed by atoms with Crippen LogP contribution in [0.25, 0.3) is 0 Å². The van der Waals surface area contributed by atoms with Gasteiger partial charge in [-0.25, -0.2) is 0 Å². The van der Waals surface area contributed by atoms with Gasteiger partial charge in [0.25, 0.3) is 0 Å². The highest BCUT2D eigenvalue weighted by atomic mass is 15.2. The molecule has 0 aromatic rings. The maximum absolute atomic E-state index is 3.68. The summed E-state index contributed by atoms with van der Waals surface area (Å²) in [4.78, 5) is 2.38. The molecule has 82 valence electrons. The summed E-state index contributed by atoms with van der Waals surface area (Å²) in [6.07, 6.45) is 2.67. The van der Waals surface area contributed by atoms with Gasteiger partial charge in [0.1, 0.15) is 0 Å². The Balaban J connectivity index is 1.57. The molecule has 2 aliphatic heterocycles. The lowest BCUT2D eigenvalue weighted by Gasteiger charge is -2.38. The SMILES string of the molecule is CC1CCC(NCC2CN(C)C2)CN1. The van der Waals surface area contributed by atoms with Crippen LogP contribution >= 0.6 is 0 Å². The Labute approximate surface area is 87.2 Å². The molecule has 14 heavy (non-hydrogen) atoms. The van der Waals surface area contributed by atoms with Crippen molar-refractivity contribution in [1.82, 2.24) is 15.5 Å². The molecule has 2 unspecified atom stereocenters. The normalized spacial score (nSPS) is 35.6. The predicted molar refractivity (Wildman–Crippen MR) is 59.5 cm³/mol. The van der Waals surface area contributed by atoms with Crippen molar-refractivity contribution in [2.45, 2.75) is 31.8 Å². The number of piperidine rings is 1. The number of likely N-dealkylation sites (tertiary alicyclic amines) is 1. The lowest BCUT2D eigenvalue weighted by Crippen LogP contribution is -2.53. The van der Waals surface area contributed by atoms with E-state index in [0.717, 1.165) is 24.5 Å². The van der Waals surface area contributed by atoms with E-state index in [1.54, 1.807) is 0 Å². The Morgan fingerprint density at radius 2 is 2.14 bits per heavy atom. The summed E-state index contributed by atoms with van der Waals surface area (Å²) < 4.78 is 0. The number of rotatable bonds is 3. The van der Waals surface area contributed by atoms with Crippen molar-refractivity contribution < 1.29 is 0 Å². The molecule has 0 radical (unpaired) electrons. The van der Waals surface area contributed by atoms with E-state index in [1.165, 1.54) is 32.5 Å². The molecule has 3 heteroatoms. The van der Waals surface area contributed by atoms with Crippen molar-refractivity contribution in [3.63, 3.8) is 0 Å². The zero-order chi connectivity index (χ0) is 9.97. The Morgan fingerprint density at radius 3 is 2.71 bits per heavy atom. The molecule has 0 spiro atoms. The van der Waals surface area contributed by atoms with E-state index in [0.29, 0.717) is 0 Å². The second kappa shape index (κ2) is 4.60. The monoisotopic (exact) mass is 197 g/mol. The summed E-state index contributed by atoms with van der Waals surface area (Å²) in [6, 6.07) is 1.44. The molecule has 0 amide bonds. The van der Waals surface area contributed by atoms with Gasteiger partial charge < -0.3 is 15.5 Å². The smallest absolute Gasteiger partial charge is 0.0193 e.